The predicted octanol–water partition coefficient (Wildman–Crippen LogP) is 2.16. The normalized spacial score (nSPS) is 14.4. The number of nitrogens with zero attached hydrogens (tertiary/aromatic N) is 6. The molecule has 1 aliphatic rings. The summed E-state index contributed by atoms with van der Waals surface area (Å²) in [5, 5.41) is 8.87. The van der Waals surface area contributed by atoms with Crippen LogP contribution in [-0.4, -0.2) is 67.4 Å². The molecule has 0 atom stereocenters. The summed E-state index contributed by atoms with van der Waals surface area (Å²) >= 11 is 3.51. The van der Waals surface area contributed by atoms with Crippen LogP contribution in [0, 0.1) is 13.8 Å². The van der Waals surface area contributed by atoms with E-state index < -0.39 is 0 Å². The van der Waals surface area contributed by atoms with E-state index in [-0.39, 0.29) is 11.8 Å². The summed E-state index contributed by atoms with van der Waals surface area (Å²) in [7, 11) is 0. The zero-order valence-electron chi connectivity index (χ0n) is 16.2. The van der Waals surface area contributed by atoms with Crippen molar-refractivity contribution in [3.8, 4) is 0 Å². The maximum absolute atomic E-state index is 12.8. The molecule has 10 heteroatoms. The first-order valence-electron chi connectivity index (χ1n) is 9.29. The number of carbonyl (C=O) groups is 2. The van der Waals surface area contributed by atoms with E-state index in [9.17, 15) is 9.59 Å². The molecular formula is C19H21BrN6O3. The summed E-state index contributed by atoms with van der Waals surface area (Å²) in [5.74, 6) is 0.0325. The Hall–Kier alpha value is -2.88. The number of halogens is 1. The minimum atomic E-state index is -0.151. The molecule has 0 aliphatic carbocycles. The first-order chi connectivity index (χ1) is 13.9. The first kappa shape index (κ1) is 19.4. The molecule has 0 spiro atoms. The molecule has 1 fully saturated rings. The third-order valence-electron chi connectivity index (χ3n) is 5.02. The molecule has 3 aromatic rings. The number of amides is 2. The fourth-order valence-electron chi connectivity index (χ4n) is 3.34. The van der Waals surface area contributed by atoms with Gasteiger partial charge in [-0.1, -0.05) is 0 Å². The van der Waals surface area contributed by atoms with Gasteiger partial charge in [-0.05, 0) is 48.0 Å². The molecule has 1 saturated heterocycles. The maximum atomic E-state index is 12.8. The van der Waals surface area contributed by atoms with Crippen molar-refractivity contribution in [2.45, 2.75) is 20.5 Å². The highest BCUT2D eigenvalue weighted by Crippen LogP contribution is 2.19. The van der Waals surface area contributed by atoms with Crippen LogP contribution in [0.1, 0.15) is 32.4 Å². The number of carbonyl (C=O) groups excluding carboxylic acids is 2. The summed E-state index contributed by atoms with van der Waals surface area (Å²) in [4.78, 5) is 28.5. The van der Waals surface area contributed by atoms with Crippen molar-refractivity contribution in [2.75, 3.05) is 26.2 Å². The van der Waals surface area contributed by atoms with Crippen molar-refractivity contribution >= 4 is 27.7 Å². The molecule has 0 aromatic carbocycles. The van der Waals surface area contributed by atoms with Gasteiger partial charge in [0.15, 0.2) is 5.76 Å². The van der Waals surface area contributed by atoms with Crippen LogP contribution in [0.5, 0.6) is 0 Å². The first-order valence-corrected chi connectivity index (χ1v) is 10.1. The van der Waals surface area contributed by atoms with Crippen LogP contribution in [0.25, 0.3) is 0 Å². The summed E-state index contributed by atoms with van der Waals surface area (Å²) in [6, 6.07) is 5.05. The fourth-order valence-corrected chi connectivity index (χ4v) is 3.62. The maximum Gasteiger partial charge on any atom is 0.289 e. The van der Waals surface area contributed by atoms with Gasteiger partial charge >= 0.3 is 0 Å². The van der Waals surface area contributed by atoms with Gasteiger partial charge in [-0.3, -0.25) is 14.3 Å². The number of rotatable bonds is 4. The van der Waals surface area contributed by atoms with Gasteiger partial charge in [-0.25, -0.2) is 4.68 Å². The van der Waals surface area contributed by atoms with E-state index in [2.05, 4.69) is 26.1 Å². The molecule has 0 bridgehead atoms. The summed E-state index contributed by atoms with van der Waals surface area (Å²) < 4.78 is 9.66. The number of furan rings is 1. The zero-order chi connectivity index (χ0) is 20.5. The number of aromatic nitrogens is 4. The molecular weight excluding hydrogens is 440 g/mol. The Morgan fingerprint density at radius 1 is 1.07 bits per heavy atom. The van der Waals surface area contributed by atoms with E-state index in [1.807, 2.05) is 18.5 Å². The monoisotopic (exact) mass is 460 g/mol. The lowest BCUT2D eigenvalue weighted by atomic mass is 10.2. The van der Waals surface area contributed by atoms with Crippen LogP contribution < -0.4 is 0 Å². The lowest BCUT2D eigenvalue weighted by Gasteiger charge is -2.33. The average molecular weight is 461 g/mol. The van der Waals surface area contributed by atoms with E-state index in [0.29, 0.717) is 44.3 Å². The molecule has 4 rings (SSSR count). The highest BCUT2D eigenvalue weighted by Gasteiger charge is 2.27. The smallest absolute Gasteiger partial charge is 0.289 e. The molecule has 0 radical (unpaired) electrons. The highest BCUT2D eigenvalue weighted by atomic mass is 79.9. The van der Waals surface area contributed by atoms with E-state index in [1.54, 1.807) is 38.9 Å². The molecule has 0 N–H and O–H groups in total. The van der Waals surface area contributed by atoms with Crippen molar-refractivity contribution < 1.29 is 14.0 Å². The van der Waals surface area contributed by atoms with Crippen molar-refractivity contribution in [3.63, 3.8) is 0 Å². The van der Waals surface area contributed by atoms with Crippen LogP contribution in [0.2, 0.25) is 0 Å². The van der Waals surface area contributed by atoms with Crippen LogP contribution in [0.4, 0.5) is 0 Å². The van der Waals surface area contributed by atoms with Crippen molar-refractivity contribution in [2.24, 2.45) is 0 Å². The molecule has 3 aromatic heterocycles. The molecule has 9 nitrogen and oxygen atoms in total. The number of hydrogen-bond donors (Lipinski definition) is 0. The Kier molecular flexibility index (Phi) is 5.27. The van der Waals surface area contributed by atoms with Crippen molar-refractivity contribution in [3.05, 3.63) is 58.0 Å². The Morgan fingerprint density at radius 3 is 2.34 bits per heavy atom. The Bertz CT molecular complexity index is 1030. The molecule has 0 saturated carbocycles. The van der Waals surface area contributed by atoms with E-state index in [0.717, 1.165) is 15.9 Å². The van der Waals surface area contributed by atoms with Gasteiger partial charge in [-0.2, -0.15) is 10.2 Å². The van der Waals surface area contributed by atoms with E-state index >= 15 is 0 Å². The largest absolute Gasteiger partial charge is 0.459 e. The molecule has 2 amide bonds. The number of aryl methyl sites for hydroxylation is 1. The van der Waals surface area contributed by atoms with E-state index in [1.165, 1.54) is 6.26 Å². The second kappa shape index (κ2) is 7.86. The van der Waals surface area contributed by atoms with Gasteiger partial charge in [0.25, 0.3) is 11.8 Å². The minimum Gasteiger partial charge on any atom is -0.459 e. The quantitative estimate of drug-likeness (QED) is 0.594. The van der Waals surface area contributed by atoms with Crippen molar-refractivity contribution in [1.29, 1.82) is 0 Å². The lowest BCUT2D eigenvalue weighted by Crippen LogP contribution is -2.50. The Labute approximate surface area is 176 Å². The zero-order valence-corrected chi connectivity index (χ0v) is 17.8. The molecule has 152 valence electrons. The molecule has 1 aliphatic heterocycles. The van der Waals surface area contributed by atoms with Gasteiger partial charge in [0.05, 0.1) is 22.1 Å². The Balaban J connectivity index is 1.37. The summed E-state index contributed by atoms with van der Waals surface area (Å²) in [6.45, 7) is 6.19. The highest BCUT2D eigenvalue weighted by molar-refractivity contribution is 9.10. The second-order valence-electron chi connectivity index (χ2n) is 6.93. The van der Waals surface area contributed by atoms with Crippen molar-refractivity contribution in [1.82, 2.24) is 29.4 Å². The van der Waals surface area contributed by atoms with Gasteiger partial charge in [-0.15, -0.1) is 0 Å². The van der Waals surface area contributed by atoms with Crippen LogP contribution >= 0.6 is 15.9 Å². The average Bonchev–Trinajstić information content (AvgIpc) is 3.47. The Morgan fingerprint density at radius 2 is 1.76 bits per heavy atom. The van der Waals surface area contributed by atoms with E-state index in [4.69, 9.17) is 4.42 Å². The molecule has 0 unspecified atom stereocenters. The van der Waals surface area contributed by atoms with Gasteiger partial charge in [0, 0.05) is 32.4 Å². The summed E-state index contributed by atoms with van der Waals surface area (Å²) in [5.41, 5.74) is 2.30. The number of hydrogen-bond acceptors (Lipinski definition) is 5. The van der Waals surface area contributed by atoms with Crippen LogP contribution in [0.15, 0.2) is 39.5 Å². The lowest BCUT2D eigenvalue weighted by molar-refractivity contribution is 0.0514. The minimum absolute atomic E-state index is 0.136. The second-order valence-corrected chi connectivity index (χ2v) is 7.72. The standard InChI is InChI=1S/C19H21BrN6O3/c1-13-17(20)14(2)26(21-13)12-25-6-5-15(22-25)18(27)23-7-9-24(10-8-23)19(28)16-4-3-11-29-16/h3-6,11H,7-10,12H2,1-2H3. The van der Waals surface area contributed by atoms with Gasteiger partial charge < -0.3 is 14.2 Å². The van der Waals surface area contributed by atoms with Crippen LogP contribution in [-0.2, 0) is 6.67 Å². The fraction of sp³-hybridized carbons (Fsp3) is 0.368. The number of piperazine rings is 1. The third-order valence-corrected chi connectivity index (χ3v) is 6.17. The molecule has 4 heterocycles. The SMILES string of the molecule is Cc1nn(Cn2ccc(C(=O)N3CCN(C(=O)c4ccco4)CC3)n2)c(C)c1Br. The van der Waals surface area contributed by atoms with Gasteiger partial charge in [0.2, 0.25) is 0 Å². The predicted molar refractivity (Wildman–Crippen MR) is 108 cm³/mol. The van der Waals surface area contributed by atoms with Gasteiger partial charge in [0.1, 0.15) is 12.4 Å². The topological polar surface area (TPSA) is 89.4 Å². The van der Waals surface area contributed by atoms with Crippen LogP contribution in [0.3, 0.4) is 0 Å². The molecule has 29 heavy (non-hydrogen) atoms. The summed E-state index contributed by atoms with van der Waals surface area (Å²) in [6.07, 6.45) is 3.25. The third kappa shape index (κ3) is 3.84.